The van der Waals surface area contributed by atoms with Crippen LogP contribution in [0.1, 0.15) is 56.5 Å². The number of anilines is 1. The van der Waals surface area contributed by atoms with Crippen molar-refractivity contribution in [2.45, 2.75) is 58.5 Å². The Labute approximate surface area is 251 Å². The van der Waals surface area contributed by atoms with E-state index in [1.807, 2.05) is 26.0 Å². The summed E-state index contributed by atoms with van der Waals surface area (Å²) in [6.07, 6.45) is 5.61. The molecule has 230 valence electrons. The lowest BCUT2D eigenvalue weighted by Gasteiger charge is -2.20. The number of methoxy groups -OCH3 is 3. The van der Waals surface area contributed by atoms with Gasteiger partial charge < -0.3 is 35.1 Å². The van der Waals surface area contributed by atoms with Crippen molar-refractivity contribution in [1.82, 2.24) is 20.6 Å². The molecule has 3 aromatic rings. The molecule has 2 amide bonds. The smallest absolute Gasteiger partial charge is 0.242 e. The lowest BCUT2D eigenvalue weighted by Crippen LogP contribution is -2.42. The molecule has 43 heavy (non-hydrogen) atoms. The van der Waals surface area contributed by atoms with Crippen molar-refractivity contribution in [3.05, 3.63) is 63.8 Å². The number of nitrogens with zero attached hydrogens (tertiary/aromatic N) is 1. The van der Waals surface area contributed by atoms with E-state index in [1.54, 1.807) is 46.0 Å². The lowest BCUT2D eigenvalue weighted by atomic mass is 9.95. The van der Waals surface area contributed by atoms with Gasteiger partial charge in [0.2, 0.25) is 23.0 Å². The highest BCUT2D eigenvalue weighted by molar-refractivity contribution is 5.86. The van der Waals surface area contributed by atoms with Crippen LogP contribution in [0.25, 0.3) is 11.1 Å². The van der Waals surface area contributed by atoms with E-state index in [2.05, 4.69) is 25.9 Å². The molecule has 0 radical (unpaired) electrons. The minimum atomic E-state index is -0.631. The van der Waals surface area contributed by atoms with E-state index in [0.717, 1.165) is 22.4 Å². The molecule has 0 saturated carbocycles. The van der Waals surface area contributed by atoms with Crippen molar-refractivity contribution >= 4 is 17.5 Å². The SMILES string of the molecule is COc1cc2c(c(OC)c1OC)-c1ccc(NC(CC(C)C)C(=O)NCCc3cnc[nH]3)c(=O)cc1C(NC(C)=O)CC2. The van der Waals surface area contributed by atoms with Crippen LogP contribution in [0, 0.1) is 5.92 Å². The van der Waals surface area contributed by atoms with Crippen LogP contribution >= 0.6 is 0 Å². The van der Waals surface area contributed by atoms with Gasteiger partial charge in [0.15, 0.2) is 11.5 Å². The predicted octanol–water partition coefficient (Wildman–Crippen LogP) is 3.77. The average molecular weight is 592 g/mol. The number of rotatable bonds is 12. The summed E-state index contributed by atoms with van der Waals surface area (Å²) in [6, 6.07) is 5.94. The van der Waals surface area contributed by atoms with Gasteiger partial charge in [-0.3, -0.25) is 14.4 Å². The van der Waals surface area contributed by atoms with Gasteiger partial charge >= 0.3 is 0 Å². The number of H-pyrrole nitrogens is 1. The summed E-state index contributed by atoms with van der Waals surface area (Å²) < 4.78 is 17.1. The molecule has 11 heteroatoms. The van der Waals surface area contributed by atoms with E-state index < -0.39 is 12.1 Å². The Hall–Kier alpha value is -4.54. The number of hydrogen-bond acceptors (Lipinski definition) is 8. The van der Waals surface area contributed by atoms with Crippen LogP contribution in [-0.2, 0) is 22.4 Å². The number of ether oxygens (including phenoxy) is 3. The molecule has 0 saturated heterocycles. The van der Waals surface area contributed by atoms with Crippen molar-refractivity contribution in [3.8, 4) is 28.4 Å². The van der Waals surface area contributed by atoms with E-state index >= 15 is 0 Å². The first-order valence-corrected chi connectivity index (χ1v) is 14.5. The van der Waals surface area contributed by atoms with Gasteiger partial charge in [-0.2, -0.15) is 0 Å². The quantitative estimate of drug-likeness (QED) is 0.249. The van der Waals surface area contributed by atoms with Crippen LogP contribution < -0.4 is 35.6 Å². The number of amides is 2. The number of aromatic amines is 1. The van der Waals surface area contributed by atoms with Crippen LogP contribution in [0.3, 0.4) is 0 Å². The minimum absolute atomic E-state index is 0.194. The zero-order valence-electron chi connectivity index (χ0n) is 25.6. The van der Waals surface area contributed by atoms with Crippen LogP contribution in [0.2, 0.25) is 0 Å². The molecule has 1 heterocycles. The maximum Gasteiger partial charge on any atom is 0.242 e. The molecule has 4 rings (SSSR count). The van der Waals surface area contributed by atoms with E-state index in [-0.39, 0.29) is 28.8 Å². The Kier molecular flexibility index (Phi) is 10.3. The monoisotopic (exact) mass is 591 g/mol. The van der Waals surface area contributed by atoms with Crippen molar-refractivity contribution in [2.75, 3.05) is 33.2 Å². The summed E-state index contributed by atoms with van der Waals surface area (Å²) >= 11 is 0. The summed E-state index contributed by atoms with van der Waals surface area (Å²) in [7, 11) is 4.67. The second-order valence-electron chi connectivity index (χ2n) is 11.0. The average Bonchev–Trinajstić information content (AvgIpc) is 3.39. The third-order valence-electron chi connectivity index (χ3n) is 7.52. The molecular weight excluding hydrogens is 550 g/mol. The Bertz CT molecular complexity index is 1510. The van der Waals surface area contributed by atoms with Gasteiger partial charge in [0, 0.05) is 37.3 Å². The zero-order valence-corrected chi connectivity index (χ0v) is 25.6. The first kappa shape index (κ1) is 31.4. The van der Waals surface area contributed by atoms with Gasteiger partial charge in [-0.1, -0.05) is 19.9 Å². The predicted molar refractivity (Wildman–Crippen MR) is 165 cm³/mol. The Balaban J connectivity index is 1.78. The summed E-state index contributed by atoms with van der Waals surface area (Å²) in [5.41, 5.74) is 3.99. The highest BCUT2D eigenvalue weighted by Gasteiger charge is 2.30. The van der Waals surface area contributed by atoms with E-state index in [9.17, 15) is 14.4 Å². The largest absolute Gasteiger partial charge is 0.493 e. The van der Waals surface area contributed by atoms with Crippen LogP contribution in [0.5, 0.6) is 17.2 Å². The van der Waals surface area contributed by atoms with Crippen LogP contribution in [-0.4, -0.2) is 55.7 Å². The minimum Gasteiger partial charge on any atom is -0.493 e. The number of hydrogen-bond donors (Lipinski definition) is 4. The topological polar surface area (TPSA) is 144 Å². The molecule has 0 spiro atoms. The Morgan fingerprint density at radius 3 is 2.49 bits per heavy atom. The third kappa shape index (κ3) is 7.28. The second kappa shape index (κ2) is 14.1. The number of fused-ring (bicyclic) bond motifs is 3. The fourth-order valence-electron chi connectivity index (χ4n) is 5.58. The van der Waals surface area contributed by atoms with Gasteiger partial charge in [0.05, 0.1) is 39.4 Å². The molecule has 0 bridgehead atoms. The zero-order chi connectivity index (χ0) is 31.1. The number of carbonyl (C=O) groups is 2. The second-order valence-corrected chi connectivity index (χ2v) is 11.0. The number of carbonyl (C=O) groups excluding carboxylic acids is 2. The molecule has 2 atom stereocenters. The van der Waals surface area contributed by atoms with Crippen LogP contribution in [0.15, 0.2) is 41.6 Å². The number of imidazole rings is 1. The molecule has 1 aliphatic carbocycles. The Morgan fingerprint density at radius 1 is 1.09 bits per heavy atom. The van der Waals surface area contributed by atoms with E-state index in [0.29, 0.717) is 55.0 Å². The lowest BCUT2D eigenvalue weighted by molar-refractivity contribution is -0.122. The summed E-state index contributed by atoms with van der Waals surface area (Å²) in [6.45, 7) is 5.94. The van der Waals surface area contributed by atoms with Gasteiger partial charge in [0.1, 0.15) is 6.04 Å². The number of benzene rings is 1. The normalized spacial score (nSPS) is 14.5. The number of aromatic nitrogens is 2. The molecule has 11 nitrogen and oxygen atoms in total. The maximum atomic E-state index is 13.7. The molecule has 1 aromatic heterocycles. The van der Waals surface area contributed by atoms with Crippen LogP contribution in [0.4, 0.5) is 5.69 Å². The Morgan fingerprint density at radius 2 is 1.86 bits per heavy atom. The van der Waals surface area contributed by atoms with Crippen molar-refractivity contribution < 1.29 is 23.8 Å². The number of nitrogens with one attached hydrogen (secondary N) is 4. The van der Waals surface area contributed by atoms with Crippen molar-refractivity contribution in [3.63, 3.8) is 0 Å². The first-order valence-electron chi connectivity index (χ1n) is 14.5. The highest BCUT2D eigenvalue weighted by atomic mass is 16.5. The van der Waals surface area contributed by atoms with Gasteiger partial charge in [0.25, 0.3) is 0 Å². The summed E-state index contributed by atoms with van der Waals surface area (Å²) in [5, 5.41) is 9.21. The first-order chi connectivity index (χ1) is 20.7. The summed E-state index contributed by atoms with van der Waals surface area (Å²) in [5.74, 6) is 1.24. The van der Waals surface area contributed by atoms with Crippen molar-refractivity contribution in [1.29, 1.82) is 0 Å². The molecule has 4 N–H and O–H groups in total. The fourth-order valence-corrected chi connectivity index (χ4v) is 5.58. The van der Waals surface area contributed by atoms with Crippen molar-refractivity contribution in [2.24, 2.45) is 5.92 Å². The van der Waals surface area contributed by atoms with E-state index in [1.165, 1.54) is 6.92 Å². The summed E-state index contributed by atoms with van der Waals surface area (Å²) in [4.78, 5) is 46.3. The third-order valence-corrected chi connectivity index (χ3v) is 7.52. The molecule has 0 aliphatic heterocycles. The van der Waals surface area contributed by atoms with Gasteiger partial charge in [-0.05, 0) is 60.1 Å². The molecule has 0 fully saturated rings. The van der Waals surface area contributed by atoms with Gasteiger partial charge in [-0.25, -0.2) is 4.98 Å². The molecular formula is C32H41N5O6. The fraction of sp³-hybridized carbons (Fsp3) is 0.438. The highest BCUT2D eigenvalue weighted by Crippen LogP contribution is 2.50. The molecule has 1 aliphatic rings. The molecule has 2 unspecified atom stereocenters. The number of aryl methyl sites for hydroxylation is 1. The standard InChI is InChI=1S/C32H41N5O6/c1-18(2)13-26(32(40)34-12-11-21-16-33-17-35-21)37-25-10-8-22-23(15-27(25)39)24(36-19(3)38)9-7-20-14-28(41-4)30(42-5)31(43-6)29(20)22/h8,10,14-18,24,26H,7,9,11-13H2,1-6H3,(H,33,35)(H,34,40)(H,36,38)(H,37,39). The van der Waals surface area contributed by atoms with E-state index in [4.69, 9.17) is 14.2 Å². The van der Waals surface area contributed by atoms with Gasteiger partial charge in [-0.15, -0.1) is 0 Å². The molecule has 2 aromatic carbocycles. The maximum absolute atomic E-state index is 13.7.